The molecule has 1 fully saturated rings. The third-order valence-electron chi connectivity index (χ3n) is 5.76. The van der Waals surface area contributed by atoms with E-state index in [0.717, 1.165) is 36.6 Å². The van der Waals surface area contributed by atoms with E-state index in [9.17, 15) is 9.18 Å². The van der Waals surface area contributed by atoms with E-state index in [1.165, 1.54) is 12.1 Å². The van der Waals surface area contributed by atoms with Crippen LogP contribution in [0, 0.1) is 24.6 Å². The Kier molecular flexibility index (Phi) is 4.91. The van der Waals surface area contributed by atoms with Crippen molar-refractivity contribution in [2.75, 3.05) is 23.9 Å². The first-order valence-corrected chi connectivity index (χ1v) is 9.70. The summed E-state index contributed by atoms with van der Waals surface area (Å²) in [5.74, 6) is 3.10. The van der Waals surface area contributed by atoms with Gasteiger partial charge < -0.3 is 15.0 Å². The molecule has 0 spiro atoms. The minimum Gasteiger partial charge on any atom is -0.493 e. The van der Waals surface area contributed by atoms with Crippen LogP contribution in [0.4, 0.5) is 15.9 Å². The smallest absolute Gasteiger partial charge is 0.246 e. The summed E-state index contributed by atoms with van der Waals surface area (Å²) in [5, 5.41) is 2.91. The number of aryl methyl sites for hydroxylation is 1. The predicted octanol–water partition coefficient (Wildman–Crippen LogP) is 3.35. The average molecular weight is 384 g/mol. The summed E-state index contributed by atoms with van der Waals surface area (Å²) >= 11 is 0. The summed E-state index contributed by atoms with van der Waals surface area (Å²) in [6.45, 7) is 4.43. The van der Waals surface area contributed by atoms with Gasteiger partial charge in [-0.15, -0.1) is 0 Å². The molecule has 148 valence electrons. The zero-order valence-electron chi connectivity index (χ0n) is 16.4. The summed E-state index contributed by atoms with van der Waals surface area (Å²) in [4.78, 5) is 23.3. The van der Waals surface area contributed by atoms with Crippen molar-refractivity contribution in [3.8, 4) is 5.75 Å². The molecule has 4 rings (SSSR count). The number of halogens is 1. The number of ether oxygens (including phenoxy) is 1. The van der Waals surface area contributed by atoms with E-state index in [1.54, 1.807) is 12.1 Å². The first kappa shape index (κ1) is 18.7. The van der Waals surface area contributed by atoms with Crippen molar-refractivity contribution < 1.29 is 13.9 Å². The number of nitrogens with zero attached hydrogens (tertiary/aromatic N) is 3. The Bertz CT molecular complexity index is 881. The summed E-state index contributed by atoms with van der Waals surface area (Å²) in [7, 11) is 1.89. The topological polar surface area (TPSA) is 67.4 Å². The van der Waals surface area contributed by atoms with E-state index in [4.69, 9.17) is 9.72 Å². The molecular formula is C21H25FN4O2. The maximum Gasteiger partial charge on any atom is 0.246 e. The number of amides is 1. The Balaban J connectivity index is 1.33. The molecule has 1 N–H and O–H groups in total. The fourth-order valence-electron chi connectivity index (χ4n) is 3.87. The number of carbonyl (C=O) groups excluding carboxylic acids is 1. The van der Waals surface area contributed by atoms with E-state index in [2.05, 4.69) is 10.3 Å². The number of hydrogen-bond acceptors (Lipinski definition) is 5. The summed E-state index contributed by atoms with van der Waals surface area (Å²) < 4.78 is 18.7. The van der Waals surface area contributed by atoms with Gasteiger partial charge in [0.05, 0.1) is 12.3 Å². The molecule has 28 heavy (non-hydrogen) atoms. The van der Waals surface area contributed by atoms with Gasteiger partial charge in [0.15, 0.2) is 5.82 Å². The zero-order chi connectivity index (χ0) is 19.8. The van der Waals surface area contributed by atoms with Crippen molar-refractivity contribution in [1.29, 1.82) is 0 Å². The predicted molar refractivity (Wildman–Crippen MR) is 105 cm³/mol. The molecule has 0 saturated heterocycles. The Hall–Kier alpha value is -2.70. The minimum atomic E-state index is -0.254. The Morgan fingerprint density at radius 1 is 1.21 bits per heavy atom. The molecule has 1 amide bonds. The molecule has 6 nitrogen and oxygen atoms in total. The molecule has 0 unspecified atom stereocenters. The fourth-order valence-corrected chi connectivity index (χ4v) is 3.87. The highest BCUT2D eigenvalue weighted by Crippen LogP contribution is 2.37. The molecule has 1 aromatic carbocycles. The van der Waals surface area contributed by atoms with E-state index in [1.807, 2.05) is 25.8 Å². The lowest BCUT2D eigenvalue weighted by atomic mass is 9.73. The lowest BCUT2D eigenvalue weighted by Gasteiger charge is -2.36. The highest BCUT2D eigenvalue weighted by molar-refractivity contribution is 6.02. The minimum absolute atomic E-state index is 0.0301. The third kappa shape index (κ3) is 3.66. The summed E-state index contributed by atoms with van der Waals surface area (Å²) in [5.41, 5.74) is 1.52. The van der Waals surface area contributed by atoms with Crippen LogP contribution >= 0.6 is 0 Å². The fraction of sp³-hybridized carbons (Fsp3) is 0.476. The van der Waals surface area contributed by atoms with Gasteiger partial charge in [-0.25, -0.2) is 14.4 Å². The standard InChI is InChI=1S/C21H25FN4O2/c1-12-19-20(26(3)13(2)21(27)25-19)24-18(23-12)10-14-8-15(9-14)11-28-17-6-4-16(22)5-7-17/h4-7,13-15H,8-11H2,1-3H3,(H,25,27)/t13-,14?,15?/m0/s1. The van der Waals surface area contributed by atoms with Gasteiger partial charge in [0, 0.05) is 13.5 Å². The molecule has 1 atom stereocenters. The lowest BCUT2D eigenvalue weighted by molar-refractivity contribution is -0.117. The number of hydrogen-bond donors (Lipinski definition) is 1. The largest absolute Gasteiger partial charge is 0.493 e. The van der Waals surface area contributed by atoms with Gasteiger partial charge >= 0.3 is 0 Å². The number of anilines is 2. The molecule has 2 aromatic rings. The van der Waals surface area contributed by atoms with Gasteiger partial charge in [-0.3, -0.25) is 4.79 Å². The molecule has 1 aliphatic heterocycles. The van der Waals surface area contributed by atoms with Crippen LogP contribution in [0.3, 0.4) is 0 Å². The maximum absolute atomic E-state index is 12.9. The van der Waals surface area contributed by atoms with Crippen molar-refractivity contribution in [1.82, 2.24) is 9.97 Å². The van der Waals surface area contributed by atoms with E-state index in [0.29, 0.717) is 29.9 Å². The van der Waals surface area contributed by atoms with Crippen LogP contribution in [0.25, 0.3) is 0 Å². The van der Waals surface area contributed by atoms with Gasteiger partial charge in [0.2, 0.25) is 5.91 Å². The number of likely N-dealkylation sites (N-methyl/N-ethyl adjacent to an activating group) is 1. The molecule has 7 heteroatoms. The van der Waals surface area contributed by atoms with Gasteiger partial charge in [-0.05, 0) is 62.8 Å². The van der Waals surface area contributed by atoms with Gasteiger partial charge in [-0.1, -0.05) is 0 Å². The molecule has 0 radical (unpaired) electrons. The molecule has 1 aliphatic carbocycles. The lowest BCUT2D eigenvalue weighted by Crippen LogP contribution is -2.45. The Morgan fingerprint density at radius 3 is 2.64 bits per heavy atom. The van der Waals surface area contributed by atoms with Crippen LogP contribution in [0.5, 0.6) is 5.75 Å². The Morgan fingerprint density at radius 2 is 1.93 bits per heavy atom. The molecule has 2 heterocycles. The first-order chi connectivity index (χ1) is 13.4. The number of benzene rings is 1. The Labute approximate surface area is 164 Å². The van der Waals surface area contributed by atoms with Crippen LogP contribution in [0.2, 0.25) is 0 Å². The number of aromatic nitrogens is 2. The molecular weight excluding hydrogens is 359 g/mol. The maximum atomic E-state index is 12.9. The van der Waals surface area contributed by atoms with Crippen molar-refractivity contribution in [3.63, 3.8) is 0 Å². The van der Waals surface area contributed by atoms with Crippen LogP contribution in [-0.4, -0.2) is 35.6 Å². The van der Waals surface area contributed by atoms with E-state index >= 15 is 0 Å². The molecule has 2 aliphatic rings. The van der Waals surface area contributed by atoms with Crippen molar-refractivity contribution in [3.05, 3.63) is 41.6 Å². The van der Waals surface area contributed by atoms with Gasteiger partial charge in [0.25, 0.3) is 0 Å². The van der Waals surface area contributed by atoms with Gasteiger partial charge in [0.1, 0.15) is 29.1 Å². The first-order valence-electron chi connectivity index (χ1n) is 9.70. The van der Waals surface area contributed by atoms with Crippen molar-refractivity contribution >= 4 is 17.4 Å². The zero-order valence-corrected chi connectivity index (χ0v) is 16.4. The SMILES string of the molecule is Cc1nc(CC2CC(COc3ccc(F)cc3)C2)nc2c1NC(=O)[C@H](C)N2C. The second-order valence-corrected chi connectivity index (χ2v) is 7.87. The summed E-state index contributed by atoms with van der Waals surface area (Å²) in [6, 6.07) is 5.90. The quantitative estimate of drug-likeness (QED) is 0.856. The van der Waals surface area contributed by atoms with Crippen LogP contribution in [-0.2, 0) is 11.2 Å². The molecule has 0 bridgehead atoms. The highest BCUT2D eigenvalue weighted by atomic mass is 19.1. The van der Waals surface area contributed by atoms with E-state index in [-0.39, 0.29) is 17.8 Å². The van der Waals surface area contributed by atoms with Crippen molar-refractivity contribution in [2.45, 2.75) is 39.2 Å². The number of nitrogens with one attached hydrogen (secondary N) is 1. The second kappa shape index (κ2) is 7.37. The third-order valence-corrected chi connectivity index (χ3v) is 5.76. The van der Waals surface area contributed by atoms with Gasteiger partial charge in [-0.2, -0.15) is 0 Å². The summed E-state index contributed by atoms with van der Waals surface area (Å²) in [6.07, 6.45) is 2.98. The number of rotatable bonds is 5. The van der Waals surface area contributed by atoms with Crippen LogP contribution in [0.15, 0.2) is 24.3 Å². The van der Waals surface area contributed by atoms with Crippen LogP contribution in [0.1, 0.15) is 31.3 Å². The normalized spacial score (nSPS) is 23.6. The average Bonchev–Trinajstić information content (AvgIpc) is 2.64. The van der Waals surface area contributed by atoms with Crippen molar-refractivity contribution in [2.24, 2.45) is 11.8 Å². The molecule has 1 saturated carbocycles. The second-order valence-electron chi connectivity index (χ2n) is 7.87. The monoisotopic (exact) mass is 384 g/mol. The van der Waals surface area contributed by atoms with E-state index < -0.39 is 0 Å². The van der Waals surface area contributed by atoms with Crippen LogP contribution < -0.4 is 15.0 Å². The number of carbonyl (C=O) groups is 1. The molecule has 1 aromatic heterocycles. The highest BCUT2D eigenvalue weighted by Gasteiger charge is 2.33. The number of fused-ring (bicyclic) bond motifs is 1.